The summed E-state index contributed by atoms with van der Waals surface area (Å²) in [6.07, 6.45) is 7.54. The Hall–Kier alpha value is -3.76. The predicted molar refractivity (Wildman–Crippen MR) is 171 cm³/mol. The van der Waals surface area contributed by atoms with Gasteiger partial charge in [-0.3, -0.25) is 24.6 Å². The van der Waals surface area contributed by atoms with Gasteiger partial charge in [-0.1, -0.05) is 25.0 Å². The number of hydrogen-bond donors (Lipinski definition) is 1. The third-order valence-electron chi connectivity index (χ3n) is 9.36. The maximum Gasteiger partial charge on any atom is 0.257 e. The number of imidazole rings is 1. The highest BCUT2D eigenvalue weighted by atomic mass is 16.5. The van der Waals surface area contributed by atoms with Crippen molar-refractivity contribution in [3.63, 3.8) is 0 Å². The first kappa shape index (κ1) is 30.3. The highest BCUT2D eigenvalue weighted by Crippen LogP contribution is 2.30. The number of rotatable bonds is 11. The topological polar surface area (TPSA) is 100 Å². The average molecular weight is 601 g/mol. The van der Waals surface area contributed by atoms with E-state index in [-0.39, 0.29) is 17.7 Å². The third-order valence-corrected chi connectivity index (χ3v) is 9.36. The Morgan fingerprint density at radius 2 is 1.77 bits per heavy atom. The predicted octanol–water partition coefficient (Wildman–Crippen LogP) is 4.68. The molecule has 1 aliphatic carbocycles. The maximum absolute atomic E-state index is 13.4. The molecule has 6 rings (SSSR count). The van der Waals surface area contributed by atoms with Gasteiger partial charge in [0, 0.05) is 70.4 Å². The second-order valence-electron chi connectivity index (χ2n) is 12.4. The molecule has 10 nitrogen and oxygen atoms in total. The molecule has 0 bridgehead atoms. The minimum atomic E-state index is -0.224. The summed E-state index contributed by atoms with van der Waals surface area (Å²) in [6.45, 7) is 6.25. The molecule has 2 saturated heterocycles. The van der Waals surface area contributed by atoms with Crippen LogP contribution in [-0.2, 0) is 27.4 Å². The monoisotopic (exact) mass is 600 g/mol. The van der Waals surface area contributed by atoms with Crippen LogP contribution in [-0.4, -0.2) is 83.5 Å². The summed E-state index contributed by atoms with van der Waals surface area (Å²) in [6, 6.07) is 13.6. The van der Waals surface area contributed by atoms with E-state index < -0.39 is 0 Å². The number of amides is 3. The summed E-state index contributed by atoms with van der Waals surface area (Å²) in [4.78, 5) is 49.4. The number of ether oxygens (including phenoxy) is 1. The van der Waals surface area contributed by atoms with Gasteiger partial charge in [-0.25, -0.2) is 4.98 Å². The molecule has 3 aromatic rings. The van der Waals surface area contributed by atoms with Crippen LogP contribution >= 0.6 is 0 Å². The van der Waals surface area contributed by atoms with E-state index in [2.05, 4.69) is 10.2 Å². The Kier molecular flexibility index (Phi) is 9.57. The number of nitrogens with one attached hydrogen (secondary N) is 1. The minimum absolute atomic E-state index is 0.122. The molecule has 3 fully saturated rings. The van der Waals surface area contributed by atoms with Crippen LogP contribution in [0.2, 0.25) is 0 Å². The van der Waals surface area contributed by atoms with Gasteiger partial charge in [0.15, 0.2) is 0 Å². The van der Waals surface area contributed by atoms with Crippen LogP contribution in [0, 0.1) is 5.92 Å². The number of nitrogens with zero attached hydrogens (tertiary/aromatic N) is 5. The van der Waals surface area contributed by atoms with E-state index in [0.717, 1.165) is 87.4 Å². The molecular weight excluding hydrogens is 556 g/mol. The van der Waals surface area contributed by atoms with Gasteiger partial charge in [0.2, 0.25) is 17.8 Å². The molecule has 0 atom stereocenters. The largest absolute Gasteiger partial charge is 0.379 e. The van der Waals surface area contributed by atoms with Gasteiger partial charge in [0.25, 0.3) is 5.91 Å². The summed E-state index contributed by atoms with van der Waals surface area (Å²) in [5.41, 5.74) is 4.12. The molecule has 2 aliphatic heterocycles. The van der Waals surface area contributed by atoms with E-state index in [1.54, 1.807) is 4.90 Å². The highest BCUT2D eigenvalue weighted by molar-refractivity contribution is 6.04. The second kappa shape index (κ2) is 13.9. The summed E-state index contributed by atoms with van der Waals surface area (Å²) in [7, 11) is 1.83. The Morgan fingerprint density at radius 3 is 2.50 bits per heavy atom. The van der Waals surface area contributed by atoms with Crippen molar-refractivity contribution in [1.29, 1.82) is 0 Å². The molecule has 3 amide bonds. The Morgan fingerprint density at radius 1 is 1.00 bits per heavy atom. The van der Waals surface area contributed by atoms with E-state index in [4.69, 9.17) is 9.72 Å². The Balaban J connectivity index is 1.19. The fraction of sp³-hybridized carbons (Fsp3) is 0.529. The van der Waals surface area contributed by atoms with Crippen molar-refractivity contribution in [2.75, 3.05) is 56.7 Å². The molecule has 44 heavy (non-hydrogen) atoms. The molecule has 1 N–H and O–H groups in total. The summed E-state index contributed by atoms with van der Waals surface area (Å²) in [5, 5.41) is 3.05. The minimum Gasteiger partial charge on any atom is -0.379 e. The van der Waals surface area contributed by atoms with Gasteiger partial charge in [-0.05, 0) is 67.5 Å². The molecule has 0 spiro atoms. The number of fused-ring (bicyclic) bond motifs is 1. The highest BCUT2D eigenvalue weighted by Gasteiger charge is 2.23. The number of aryl methyl sites for hydroxylation is 1. The fourth-order valence-electron chi connectivity index (χ4n) is 6.70. The van der Waals surface area contributed by atoms with Gasteiger partial charge in [0.1, 0.15) is 0 Å². The van der Waals surface area contributed by atoms with Crippen LogP contribution in [0.3, 0.4) is 0 Å². The van der Waals surface area contributed by atoms with Gasteiger partial charge < -0.3 is 19.1 Å². The molecular formula is C34H44N6O4. The normalized spacial score (nSPS) is 17.9. The van der Waals surface area contributed by atoms with Crippen molar-refractivity contribution in [2.24, 2.45) is 5.92 Å². The molecule has 1 saturated carbocycles. The Bertz CT molecular complexity index is 1470. The van der Waals surface area contributed by atoms with Crippen LogP contribution in [0.25, 0.3) is 11.0 Å². The van der Waals surface area contributed by atoms with Gasteiger partial charge >= 0.3 is 0 Å². The van der Waals surface area contributed by atoms with E-state index in [1.165, 1.54) is 12.8 Å². The lowest BCUT2D eigenvalue weighted by atomic mass is 10.0. The van der Waals surface area contributed by atoms with Crippen molar-refractivity contribution < 1.29 is 19.1 Å². The van der Waals surface area contributed by atoms with Gasteiger partial charge in [0.05, 0.1) is 24.2 Å². The average Bonchev–Trinajstić information content (AvgIpc) is 3.78. The quantitative estimate of drug-likeness (QED) is 0.343. The second-order valence-corrected chi connectivity index (χ2v) is 12.4. The molecule has 3 aliphatic rings. The SMILES string of the molecule is CN(C(=O)CC1CCCC1)c1ccc2c(c1)nc(NC(=O)c1ccc(CN3CCOCC3)cc1)n2CCCN1CCCC1=O. The number of morpholine rings is 1. The molecule has 0 unspecified atom stereocenters. The zero-order valence-electron chi connectivity index (χ0n) is 25.8. The van der Waals surface area contributed by atoms with E-state index in [1.807, 2.05) is 59.0 Å². The van der Waals surface area contributed by atoms with E-state index >= 15 is 0 Å². The number of likely N-dealkylation sites (tertiary alicyclic amines) is 1. The standard InChI is InChI=1S/C34H44N6O4/c1-37(32(42)22-25-6-2-3-7-25)28-13-14-30-29(23-28)35-34(40(30)17-5-16-39-15-4-8-31(39)41)36-33(43)27-11-9-26(10-12-27)24-38-18-20-44-21-19-38/h9-14,23,25H,2-8,15-22,24H2,1H3,(H,35,36,43). The van der Waals surface area contributed by atoms with Crippen molar-refractivity contribution >= 4 is 40.4 Å². The smallest absolute Gasteiger partial charge is 0.257 e. The molecule has 1 aromatic heterocycles. The molecule has 3 heterocycles. The lowest BCUT2D eigenvalue weighted by molar-refractivity contribution is -0.127. The number of hydrogen-bond acceptors (Lipinski definition) is 6. The van der Waals surface area contributed by atoms with E-state index in [9.17, 15) is 14.4 Å². The van der Waals surface area contributed by atoms with Crippen molar-refractivity contribution in [3.8, 4) is 0 Å². The fourth-order valence-corrected chi connectivity index (χ4v) is 6.70. The zero-order chi connectivity index (χ0) is 30.5. The van der Waals surface area contributed by atoms with Crippen LogP contribution < -0.4 is 10.2 Å². The lowest BCUT2D eigenvalue weighted by Gasteiger charge is -2.26. The number of aromatic nitrogens is 2. The number of anilines is 2. The van der Waals surface area contributed by atoms with Gasteiger partial charge in [-0.2, -0.15) is 0 Å². The maximum atomic E-state index is 13.4. The molecule has 0 radical (unpaired) electrons. The van der Waals surface area contributed by atoms with Crippen LogP contribution in [0.15, 0.2) is 42.5 Å². The molecule has 2 aromatic carbocycles. The first-order valence-corrected chi connectivity index (χ1v) is 16.2. The van der Waals surface area contributed by atoms with Crippen molar-refractivity contribution in [2.45, 2.75) is 64.5 Å². The van der Waals surface area contributed by atoms with Gasteiger partial charge in [-0.15, -0.1) is 0 Å². The first-order chi connectivity index (χ1) is 21.4. The first-order valence-electron chi connectivity index (χ1n) is 16.2. The lowest BCUT2D eigenvalue weighted by Crippen LogP contribution is -2.35. The van der Waals surface area contributed by atoms with Crippen molar-refractivity contribution in [1.82, 2.24) is 19.4 Å². The van der Waals surface area contributed by atoms with Crippen LogP contribution in [0.5, 0.6) is 0 Å². The summed E-state index contributed by atoms with van der Waals surface area (Å²) < 4.78 is 7.47. The summed E-state index contributed by atoms with van der Waals surface area (Å²) in [5.74, 6) is 1.05. The van der Waals surface area contributed by atoms with Crippen LogP contribution in [0.4, 0.5) is 11.6 Å². The third kappa shape index (κ3) is 7.13. The number of carbonyl (C=O) groups is 3. The molecule has 10 heteroatoms. The van der Waals surface area contributed by atoms with Crippen LogP contribution in [0.1, 0.15) is 67.3 Å². The number of carbonyl (C=O) groups excluding carboxylic acids is 3. The number of benzene rings is 2. The van der Waals surface area contributed by atoms with Crippen molar-refractivity contribution in [3.05, 3.63) is 53.6 Å². The summed E-state index contributed by atoms with van der Waals surface area (Å²) >= 11 is 0. The Labute approximate surface area is 259 Å². The molecule has 234 valence electrons. The van der Waals surface area contributed by atoms with E-state index in [0.29, 0.717) is 43.4 Å². The zero-order valence-corrected chi connectivity index (χ0v) is 25.8.